The first-order chi connectivity index (χ1) is 50.4. The molecule has 3 aromatic rings. The highest BCUT2D eigenvalue weighted by atomic mass is 32.1. The van der Waals surface area contributed by atoms with Gasteiger partial charge in [-0.15, -0.1) is 34.0 Å². The lowest BCUT2D eigenvalue weighted by Gasteiger charge is -2.35. The average molecular weight is 1570 g/mol. The standard InChI is InChI=1S/2C26H40N4O6S.C26H39NO6S/c1-14-8-7-9-20(31)19(29-30-27)11-21(15(2)10-18-13-37-17(4)28-18)36-23(33)12-22(32)26(5,6)25(35)16(3)24(14)34;1-14-8-7-9-19(29-30-27)20(31)11-21(15(2)10-18-13-37-17(4)28-18)36-23(33)12-22(32)26(5,6)25(35)16(3)24(14)34;1-14-8-7-9-19-21(32-19)11-20(15(2)10-18-13-34-17(4)27-18)33-23(29)12-22(28)26(5,6)25(31)16(3)24(14)30/h2*10,13-14,16,19-22,24,31-32,34H,7-9,11-12H2,1-6H3;10,13-14,16,19-22,24,28,30H,7-9,11-12H2,1-6H3/b3*15-10+/t14?,16-,19+,20+,21?,22+,24+;14?,16-,19-,20-,21?,22+,24+;14?,16-,19+,20?,21-,22+,24+/m111/s1. The van der Waals surface area contributed by atoms with Crippen molar-refractivity contribution >= 4 is 87.5 Å². The number of cyclic esters (lactones) is 3. The number of ketones is 3. The van der Waals surface area contributed by atoms with Gasteiger partial charge in [-0.05, 0) is 150 Å². The number of carbonyl (C=O) groups is 6. The highest BCUT2D eigenvalue weighted by Gasteiger charge is 2.47. The van der Waals surface area contributed by atoms with E-state index in [0.717, 1.165) is 45.6 Å². The zero-order chi connectivity index (χ0) is 81.0. The number of ether oxygens (including phenoxy) is 4. The van der Waals surface area contributed by atoms with Gasteiger partial charge < -0.3 is 59.8 Å². The molecule has 0 saturated carbocycles. The lowest BCUT2D eigenvalue weighted by Crippen LogP contribution is -2.46. The minimum atomic E-state index is -1.34. The number of aromatic nitrogens is 3. The van der Waals surface area contributed by atoms with E-state index in [-0.39, 0.29) is 66.6 Å². The molecule has 6 unspecified atom stereocenters. The number of Topliss-reactive ketones (excluding diaryl/α,β-unsaturated/α-hetero) is 3. The van der Waals surface area contributed by atoms with Crippen LogP contribution in [0.3, 0.4) is 0 Å². The van der Waals surface area contributed by atoms with E-state index < -0.39 is 144 Å². The molecule has 602 valence electrons. The van der Waals surface area contributed by atoms with E-state index in [1.807, 2.05) is 70.7 Å². The Balaban J connectivity index is 0.000000291. The van der Waals surface area contributed by atoms with Gasteiger partial charge in [0.15, 0.2) is 0 Å². The second kappa shape index (κ2) is 41.9. The summed E-state index contributed by atoms with van der Waals surface area (Å²) < 4.78 is 23.1. The molecule has 30 heteroatoms. The Kier molecular flexibility index (Phi) is 35.8. The van der Waals surface area contributed by atoms with Gasteiger partial charge in [-0.1, -0.05) is 113 Å². The minimum absolute atomic E-state index is 0.00770. The van der Waals surface area contributed by atoms with Crippen molar-refractivity contribution in [3.05, 3.63) is 85.8 Å². The molecule has 0 spiro atoms. The number of aliphatic hydroxyl groups excluding tert-OH is 8. The predicted octanol–water partition coefficient (Wildman–Crippen LogP) is 12.8. The number of esters is 3. The van der Waals surface area contributed by atoms with Crippen LogP contribution in [0, 0.1) is 72.5 Å². The van der Waals surface area contributed by atoms with Crippen molar-refractivity contribution < 1.29 is 88.6 Å². The number of azide groups is 2. The predicted molar refractivity (Wildman–Crippen MR) is 414 cm³/mol. The molecule has 27 nitrogen and oxygen atoms in total. The number of carbonyl (C=O) groups excluding carboxylic acids is 6. The van der Waals surface area contributed by atoms with Crippen LogP contribution in [0.5, 0.6) is 0 Å². The van der Waals surface area contributed by atoms with Gasteiger partial charge in [0.05, 0.1) is 141 Å². The first-order valence-corrected chi connectivity index (χ1v) is 40.3. The Morgan fingerprint density at radius 3 is 1.10 bits per heavy atom. The monoisotopic (exact) mass is 1570 g/mol. The number of epoxide rings is 1. The number of hydrogen-bond donors (Lipinski definition) is 8. The van der Waals surface area contributed by atoms with Gasteiger partial charge in [-0.3, -0.25) is 28.8 Å². The Labute approximate surface area is 647 Å². The maximum atomic E-state index is 13.2. The summed E-state index contributed by atoms with van der Waals surface area (Å²) >= 11 is 4.51. The highest BCUT2D eigenvalue weighted by molar-refractivity contribution is 7.10. The number of fused-ring (bicyclic) bond motifs is 1. The molecule has 4 saturated heterocycles. The topological polar surface area (TPSA) is 441 Å². The van der Waals surface area contributed by atoms with Crippen LogP contribution in [0.2, 0.25) is 0 Å². The molecule has 108 heavy (non-hydrogen) atoms. The number of aliphatic hydroxyl groups is 8. The second-order valence-electron chi connectivity index (χ2n) is 32.1. The van der Waals surface area contributed by atoms with Crippen molar-refractivity contribution in [3.8, 4) is 0 Å². The molecule has 7 rings (SSSR count). The molecular weight excluding hydrogens is 1450 g/mol. The number of nitrogens with zero attached hydrogens (tertiary/aromatic N) is 9. The molecule has 7 heterocycles. The van der Waals surface area contributed by atoms with Crippen LogP contribution in [0.25, 0.3) is 39.1 Å². The van der Waals surface area contributed by atoms with Crippen LogP contribution in [-0.4, -0.2) is 182 Å². The molecule has 0 aliphatic carbocycles. The molecule has 4 fully saturated rings. The number of thiazole rings is 3. The molecule has 3 aromatic heterocycles. The fraction of sp³-hybridized carbons (Fsp3) is 0.731. The van der Waals surface area contributed by atoms with Crippen LogP contribution in [-0.2, 0) is 47.7 Å². The first kappa shape index (κ1) is 92.4. The van der Waals surface area contributed by atoms with Crippen molar-refractivity contribution in [2.45, 2.75) is 312 Å². The third-order valence-corrected chi connectivity index (χ3v) is 24.6. The van der Waals surface area contributed by atoms with E-state index in [1.54, 1.807) is 99.6 Å². The van der Waals surface area contributed by atoms with Gasteiger partial charge in [0.1, 0.15) is 35.7 Å². The zero-order valence-corrected chi connectivity index (χ0v) is 68.6. The Bertz CT molecular complexity index is 3690. The summed E-state index contributed by atoms with van der Waals surface area (Å²) in [5.41, 5.74) is 18.8. The molecule has 4 aliphatic heterocycles. The maximum absolute atomic E-state index is 13.2. The number of rotatable bonds is 8. The summed E-state index contributed by atoms with van der Waals surface area (Å²) in [5.74, 6) is -5.67. The van der Waals surface area contributed by atoms with Crippen LogP contribution in [0.15, 0.2) is 43.1 Å². The van der Waals surface area contributed by atoms with Gasteiger partial charge in [-0.2, -0.15) is 0 Å². The molecular formula is C78H119N9O18S3. The van der Waals surface area contributed by atoms with E-state index in [1.165, 1.54) is 22.7 Å². The van der Waals surface area contributed by atoms with E-state index in [4.69, 9.17) is 30.0 Å². The quantitative estimate of drug-likeness (QED) is 0.0259. The molecule has 0 amide bonds. The first-order valence-electron chi connectivity index (χ1n) is 37.7. The average Bonchev–Trinajstić information content (AvgIpc) is 0.872. The van der Waals surface area contributed by atoms with Crippen LogP contribution in [0.4, 0.5) is 0 Å². The van der Waals surface area contributed by atoms with Gasteiger partial charge in [-0.25, -0.2) is 15.0 Å². The largest absolute Gasteiger partial charge is 0.458 e. The van der Waals surface area contributed by atoms with Crippen molar-refractivity contribution in [1.29, 1.82) is 0 Å². The molecule has 0 aromatic carbocycles. The summed E-state index contributed by atoms with van der Waals surface area (Å²) in [6.07, 6.45) is -0.569. The van der Waals surface area contributed by atoms with Crippen LogP contribution >= 0.6 is 34.0 Å². The number of aryl methyl sites for hydroxylation is 3. The molecule has 4 aliphatic rings. The zero-order valence-electron chi connectivity index (χ0n) is 66.1. The fourth-order valence-corrected chi connectivity index (χ4v) is 15.9. The van der Waals surface area contributed by atoms with Crippen LogP contribution < -0.4 is 0 Å². The summed E-state index contributed by atoms with van der Waals surface area (Å²) in [7, 11) is 0. The second-order valence-corrected chi connectivity index (χ2v) is 35.2. The van der Waals surface area contributed by atoms with E-state index in [0.29, 0.717) is 67.5 Å². The minimum Gasteiger partial charge on any atom is -0.458 e. The summed E-state index contributed by atoms with van der Waals surface area (Å²) in [6, 6.07) is -1.63. The van der Waals surface area contributed by atoms with E-state index in [2.05, 4.69) is 35.0 Å². The molecule has 8 N–H and O–H groups in total. The molecule has 21 atom stereocenters. The Morgan fingerprint density at radius 2 is 0.769 bits per heavy atom. The molecule has 0 bridgehead atoms. The van der Waals surface area contributed by atoms with Gasteiger partial charge in [0.25, 0.3) is 0 Å². The van der Waals surface area contributed by atoms with Crippen molar-refractivity contribution in [2.75, 3.05) is 0 Å². The third kappa shape index (κ3) is 26.8. The molecule has 0 radical (unpaired) electrons. The summed E-state index contributed by atoms with van der Waals surface area (Å²) in [4.78, 5) is 97.4. The highest BCUT2D eigenvalue weighted by Crippen LogP contribution is 2.39. The van der Waals surface area contributed by atoms with Crippen LogP contribution in [0.1, 0.15) is 232 Å². The number of hydrogen-bond acceptors (Lipinski definition) is 26. The van der Waals surface area contributed by atoms with Gasteiger partial charge in [0, 0.05) is 56.6 Å². The van der Waals surface area contributed by atoms with Crippen molar-refractivity contribution in [3.63, 3.8) is 0 Å². The normalized spacial score (nSPS) is 33.9. The van der Waals surface area contributed by atoms with Gasteiger partial charge >= 0.3 is 17.9 Å². The lowest BCUT2D eigenvalue weighted by atomic mass is 9.73. The maximum Gasteiger partial charge on any atom is 0.309 e. The van der Waals surface area contributed by atoms with Crippen molar-refractivity contribution in [2.24, 2.45) is 62.0 Å². The fourth-order valence-electron chi connectivity index (χ4n) is 14.2. The smallest absolute Gasteiger partial charge is 0.309 e. The van der Waals surface area contributed by atoms with Crippen molar-refractivity contribution in [1.82, 2.24) is 15.0 Å². The van der Waals surface area contributed by atoms with E-state index >= 15 is 0 Å². The van der Waals surface area contributed by atoms with Gasteiger partial charge in [0.2, 0.25) is 0 Å². The lowest BCUT2D eigenvalue weighted by molar-refractivity contribution is -0.156. The summed E-state index contributed by atoms with van der Waals surface area (Å²) in [5, 5.41) is 103. The third-order valence-electron chi connectivity index (χ3n) is 22.2. The van der Waals surface area contributed by atoms with E-state index in [9.17, 15) is 69.6 Å². The Hall–Kier alpha value is -6.21. The summed E-state index contributed by atoms with van der Waals surface area (Å²) in [6.45, 7) is 31.2. The Morgan fingerprint density at radius 1 is 0.454 bits per heavy atom. The SMILES string of the molecule is C/C(=C\c1csc(C)n1)C1C[C@@H](O)[C@H](N=[N+]=[N-])CCCC(C)[C@H](O)[C@@H](C)C(=O)C(C)(C)[C@@H](O)CC(=O)O1.C/C(=C\c1csc(C)n1)C1C[C@H](N=[N+]=[N-])[C@@H](O)CCCC(C)[C@H](O)[C@@H](C)C(=O)C(C)(C)[C@@H](O)CC(=O)O1.C/C(=C\c1csc(C)n1)C1C[C@H]2O[C@H]2CCCC(C)[C@H](O)[C@@H](C)C(=O)C(C)(C)[C@@H](O)CC(=O)O1.